The summed E-state index contributed by atoms with van der Waals surface area (Å²) in [6.07, 6.45) is 96.8. The Morgan fingerprint density at radius 1 is 0.253 bits per heavy atom. The third-order valence-electron chi connectivity index (χ3n) is 15.2. The van der Waals surface area contributed by atoms with Gasteiger partial charge in [-0.3, -0.25) is 14.4 Å². The summed E-state index contributed by atoms with van der Waals surface area (Å²) >= 11 is 0. The fourth-order valence-electron chi connectivity index (χ4n) is 10.0. The van der Waals surface area contributed by atoms with Crippen molar-refractivity contribution in [2.75, 3.05) is 13.2 Å². The quantitative estimate of drug-likeness (QED) is 0.0261. The van der Waals surface area contributed by atoms with E-state index in [1.807, 2.05) is 0 Å². The molecule has 6 nitrogen and oxygen atoms in total. The fraction of sp³-hybridized carbons (Fsp3) is 0.727. The zero-order valence-electron chi connectivity index (χ0n) is 54.7. The lowest BCUT2D eigenvalue weighted by Gasteiger charge is -2.18. The molecule has 0 saturated heterocycles. The van der Waals surface area contributed by atoms with Gasteiger partial charge in [0.15, 0.2) is 6.10 Å². The van der Waals surface area contributed by atoms with Crippen LogP contribution < -0.4 is 0 Å². The standard InChI is InChI=1S/C77H132O6/c1-4-7-10-13-16-19-22-25-28-31-34-36-37-38-39-41-43-46-49-52-55-58-61-64-67-70-76(79)82-73-74(72-81-75(78)69-66-63-60-57-54-51-48-45-42-33-30-27-24-21-18-15-12-9-6-3)83-77(80)71-68-65-62-59-56-53-50-47-44-40-35-32-29-26-23-20-17-14-11-8-5-2/h7,9-10,12,16,18-19,21,25,27-28,30,32,34-36,42,45,74H,4-6,8,11,13-15,17,20,22-24,26,29,31,33,37-41,43-44,46-73H2,1-3H3/b10-7-,12-9-,19-16-,21-18-,28-25-,30-27-,35-32-,36-34-,45-42-. The van der Waals surface area contributed by atoms with Crippen LogP contribution in [0.3, 0.4) is 0 Å². The highest BCUT2D eigenvalue weighted by Crippen LogP contribution is 2.17. The molecule has 0 aliphatic heterocycles. The number of rotatable bonds is 64. The maximum atomic E-state index is 13.0. The van der Waals surface area contributed by atoms with E-state index in [9.17, 15) is 14.4 Å². The normalized spacial score (nSPS) is 12.8. The lowest BCUT2D eigenvalue weighted by Crippen LogP contribution is -2.30. The highest BCUT2D eigenvalue weighted by Gasteiger charge is 2.19. The Kier molecular flexibility index (Phi) is 67.2. The first-order valence-corrected chi connectivity index (χ1v) is 35.4. The first-order chi connectivity index (χ1) is 41.0. The topological polar surface area (TPSA) is 78.9 Å². The van der Waals surface area contributed by atoms with E-state index in [-0.39, 0.29) is 31.1 Å². The van der Waals surface area contributed by atoms with E-state index in [1.165, 1.54) is 186 Å². The van der Waals surface area contributed by atoms with E-state index in [2.05, 4.69) is 130 Å². The van der Waals surface area contributed by atoms with E-state index in [0.717, 1.165) is 116 Å². The Labute approximate surface area is 514 Å². The van der Waals surface area contributed by atoms with Crippen LogP contribution in [0.25, 0.3) is 0 Å². The number of hydrogen-bond donors (Lipinski definition) is 0. The summed E-state index contributed by atoms with van der Waals surface area (Å²) in [4.78, 5) is 38.5. The average molecular weight is 1150 g/mol. The molecular weight excluding hydrogens is 1020 g/mol. The Hall–Kier alpha value is -3.93. The van der Waals surface area contributed by atoms with Crippen molar-refractivity contribution in [2.45, 2.75) is 348 Å². The van der Waals surface area contributed by atoms with Crippen molar-refractivity contribution in [1.29, 1.82) is 0 Å². The van der Waals surface area contributed by atoms with Gasteiger partial charge in [0.25, 0.3) is 0 Å². The summed E-state index contributed by atoms with van der Waals surface area (Å²) in [5, 5.41) is 0. The van der Waals surface area contributed by atoms with E-state index in [1.54, 1.807) is 0 Å². The van der Waals surface area contributed by atoms with Gasteiger partial charge in [-0.05, 0) is 122 Å². The molecule has 1 unspecified atom stereocenters. The maximum Gasteiger partial charge on any atom is 0.306 e. The minimum absolute atomic E-state index is 0.0837. The molecule has 476 valence electrons. The van der Waals surface area contributed by atoms with Crippen LogP contribution in [0.1, 0.15) is 342 Å². The molecule has 0 spiro atoms. The van der Waals surface area contributed by atoms with Gasteiger partial charge >= 0.3 is 17.9 Å². The second kappa shape index (κ2) is 70.6. The lowest BCUT2D eigenvalue weighted by atomic mass is 10.0. The molecule has 83 heavy (non-hydrogen) atoms. The van der Waals surface area contributed by atoms with Gasteiger partial charge in [-0.1, -0.05) is 310 Å². The smallest absolute Gasteiger partial charge is 0.306 e. The molecule has 0 bridgehead atoms. The minimum Gasteiger partial charge on any atom is -0.462 e. The van der Waals surface area contributed by atoms with Gasteiger partial charge < -0.3 is 14.2 Å². The number of esters is 3. The van der Waals surface area contributed by atoms with E-state index in [0.29, 0.717) is 19.3 Å². The van der Waals surface area contributed by atoms with Crippen LogP contribution in [-0.4, -0.2) is 37.2 Å². The third kappa shape index (κ3) is 68.7. The van der Waals surface area contributed by atoms with E-state index >= 15 is 0 Å². The molecular formula is C77H132O6. The van der Waals surface area contributed by atoms with Gasteiger partial charge in [0.05, 0.1) is 0 Å². The summed E-state index contributed by atoms with van der Waals surface area (Å²) in [6, 6.07) is 0. The summed E-state index contributed by atoms with van der Waals surface area (Å²) in [7, 11) is 0. The molecule has 6 heteroatoms. The van der Waals surface area contributed by atoms with Crippen LogP contribution in [0.4, 0.5) is 0 Å². The number of carbonyl (C=O) groups is 3. The van der Waals surface area contributed by atoms with Crippen molar-refractivity contribution in [1.82, 2.24) is 0 Å². The predicted molar refractivity (Wildman–Crippen MR) is 362 cm³/mol. The third-order valence-corrected chi connectivity index (χ3v) is 15.2. The van der Waals surface area contributed by atoms with Crippen LogP contribution >= 0.6 is 0 Å². The summed E-state index contributed by atoms with van der Waals surface area (Å²) < 4.78 is 17.0. The zero-order chi connectivity index (χ0) is 59.9. The SMILES string of the molecule is CC/C=C\C/C=C\C/C=C\C/C=C\CCCCCCCCCCCCCCC(=O)OCC(COC(=O)CCCCCCCC/C=C\C/C=C\C/C=C\C/C=C\CC)OC(=O)CCCCCCCCCCC/C=C\CCCCCCCCCC. The predicted octanol–water partition coefficient (Wildman–Crippen LogP) is 24.6. The highest BCUT2D eigenvalue weighted by atomic mass is 16.6. The van der Waals surface area contributed by atoms with Crippen molar-refractivity contribution in [2.24, 2.45) is 0 Å². The Balaban J connectivity index is 4.38. The summed E-state index contributed by atoms with van der Waals surface area (Å²) in [5.74, 6) is -0.887. The molecule has 1 atom stereocenters. The van der Waals surface area contributed by atoms with Crippen molar-refractivity contribution >= 4 is 17.9 Å². The molecule has 0 radical (unpaired) electrons. The average Bonchev–Trinajstić information content (AvgIpc) is 3.50. The number of hydrogen-bond acceptors (Lipinski definition) is 6. The fourth-order valence-corrected chi connectivity index (χ4v) is 10.0. The van der Waals surface area contributed by atoms with Gasteiger partial charge in [0, 0.05) is 19.3 Å². The van der Waals surface area contributed by atoms with Crippen LogP contribution in [0.2, 0.25) is 0 Å². The molecule has 0 aromatic carbocycles. The van der Waals surface area contributed by atoms with Crippen molar-refractivity contribution < 1.29 is 28.6 Å². The molecule has 0 fully saturated rings. The molecule has 0 aromatic heterocycles. The lowest BCUT2D eigenvalue weighted by molar-refractivity contribution is -0.167. The minimum atomic E-state index is -0.790. The highest BCUT2D eigenvalue weighted by molar-refractivity contribution is 5.71. The molecule has 0 N–H and O–H groups in total. The van der Waals surface area contributed by atoms with Crippen LogP contribution in [-0.2, 0) is 28.6 Å². The molecule has 0 aliphatic rings. The van der Waals surface area contributed by atoms with E-state index < -0.39 is 6.10 Å². The number of unbranched alkanes of at least 4 members (excludes halogenated alkanes) is 35. The number of allylic oxidation sites excluding steroid dienone is 18. The first-order valence-electron chi connectivity index (χ1n) is 35.4. The second-order valence-electron chi connectivity index (χ2n) is 23.4. The summed E-state index contributed by atoms with van der Waals surface area (Å²) in [5.41, 5.74) is 0. The van der Waals surface area contributed by atoms with Gasteiger partial charge in [0.2, 0.25) is 0 Å². The Bertz CT molecular complexity index is 1660. The van der Waals surface area contributed by atoms with Gasteiger partial charge in [-0.15, -0.1) is 0 Å². The second-order valence-corrected chi connectivity index (χ2v) is 23.4. The molecule has 0 heterocycles. The monoisotopic (exact) mass is 1150 g/mol. The van der Waals surface area contributed by atoms with Gasteiger partial charge in [-0.2, -0.15) is 0 Å². The first kappa shape index (κ1) is 79.1. The van der Waals surface area contributed by atoms with Gasteiger partial charge in [-0.25, -0.2) is 0 Å². The Morgan fingerprint density at radius 2 is 0.470 bits per heavy atom. The molecule has 0 rings (SSSR count). The van der Waals surface area contributed by atoms with Gasteiger partial charge in [0.1, 0.15) is 13.2 Å². The molecule has 0 amide bonds. The molecule has 0 aliphatic carbocycles. The van der Waals surface area contributed by atoms with E-state index in [4.69, 9.17) is 14.2 Å². The van der Waals surface area contributed by atoms with Crippen LogP contribution in [0.15, 0.2) is 109 Å². The number of ether oxygens (including phenoxy) is 3. The molecule has 0 saturated carbocycles. The van der Waals surface area contributed by atoms with Crippen molar-refractivity contribution in [3.8, 4) is 0 Å². The summed E-state index contributed by atoms with van der Waals surface area (Å²) in [6.45, 7) is 6.44. The van der Waals surface area contributed by atoms with Crippen molar-refractivity contribution in [3.63, 3.8) is 0 Å². The van der Waals surface area contributed by atoms with Crippen LogP contribution in [0, 0.1) is 0 Å². The van der Waals surface area contributed by atoms with Crippen molar-refractivity contribution in [3.05, 3.63) is 109 Å². The maximum absolute atomic E-state index is 13.0. The largest absolute Gasteiger partial charge is 0.462 e. The van der Waals surface area contributed by atoms with Crippen LogP contribution in [0.5, 0.6) is 0 Å². The molecule has 0 aromatic rings. The number of carbonyl (C=O) groups excluding carboxylic acids is 3. The Morgan fingerprint density at radius 3 is 0.747 bits per heavy atom. The zero-order valence-corrected chi connectivity index (χ0v) is 54.7.